The Morgan fingerprint density at radius 2 is 1.69 bits per heavy atom. The molecular weight excluding hydrogens is 464 g/mol. The number of hydrogen-bond donors (Lipinski definition) is 1. The molecule has 8 nitrogen and oxygen atoms in total. The van der Waals surface area contributed by atoms with Crippen LogP contribution in [0.3, 0.4) is 0 Å². The second-order valence-corrected chi connectivity index (χ2v) is 9.79. The molecule has 0 spiro atoms. The highest BCUT2D eigenvalue weighted by molar-refractivity contribution is 7.92. The lowest BCUT2D eigenvalue weighted by atomic mass is 10.1. The van der Waals surface area contributed by atoms with Crippen LogP contribution in [0.2, 0.25) is 0 Å². The van der Waals surface area contributed by atoms with Gasteiger partial charge in [-0.15, -0.1) is 0 Å². The second kappa shape index (κ2) is 11.3. The fourth-order valence-electron chi connectivity index (χ4n) is 3.33. The number of hydrogen-bond acceptors (Lipinski definition) is 6. The van der Waals surface area contributed by atoms with Gasteiger partial charge in [0.05, 0.1) is 16.8 Å². The number of nitrogens with one attached hydrogen (secondary N) is 1. The molecule has 0 bridgehead atoms. The smallest absolute Gasteiger partial charge is 0.264 e. The Hall–Kier alpha value is -4.16. The van der Waals surface area contributed by atoms with Crippen LogP contribution in [0.1, 0.15) is 22.3 Å². The number of hydrazone groups is 1. The van der Waals surface area contributed by atoms with Gasteiger partial charge in [0.1, 0.15) is 18.4 Å². The number of nitrogens with zero attached hydrogens (tertiary/aromatic N) is 3. The summed E-state index contributed by atoms with van der Waals surface area (Å²) in [6, 6.07) is 20.5. The molecule has 0 atom stereocenters. The summed E-state index contributed by atoms with van der Waals surface area (Å²) in [7, 11) is -4.01. The van der Waals surface area contributed by atoms with Crippen LogP contribution in [0.15, 0.2) is 76.7 Å². The Bertz CT molecular complexity index is 1360. The summed E-state index contributed by atoms with van der Waals surface area (Å²) in [5.41, 5.74) is 6.15. The molecule has 9 heteroatoms. The first-order chi connectivity index (χ1) is 16.7. The molecule has 0 aliphatic rings. The number of sulfonamides is 1. The summed E-state index contributed by atoms with van der Waals surface area (Å²) >= 11 is 0. The van der Waals surface area contributed by atoms with Gasteiger partial charge in [0.25, 0.3) is 15.9 Å². The molecule has 0 unspecified atom stereocenters. The van der Waals surface area contributed by atoms with Crippen molar-refractivity contribution in [1.82, 2.24) is 5.43 Å². The van der Waals surface area contributed by atoms with Crippen LogP contribution in [-0.2, 0) is 14.8 Å². The highest BCUT2D eigenvalue weighted by Gasteiger charge is 2.28. The van der Waals surface area contributed by atoms with Crippen molar-refractivity contribution >= 4 is 27.8 Å². The molecule has 180 valence electrons. The monoisotopic (exact) mass is 490 g/mol. The largest absolute Gasteiger partial charge is 0.479 e. The minimum atomic E-state index is -4.01. The van der Waals surface area contributed by atoms with Crippen LogP contribution in [0.4, 0.5) is 5.69 Å². The van der Waals surface area contributed by atoms with Crippen molar-refractivity contribution in [3.8, 4) is 11.8 Å². The number of rotatable bonds is 9. The third kappa shape index (κ3) is 6.68. The van der Waals surface area contributed by atoms with Gasteiger partial charge < -0.3 is 4.74 Å². The highest BCUT2D eigenvalue weighted by atomic mass is 32.2. The summed E-state index contributed by atoms with van der Waals surface area (Å²) in [4.78, 5) is 12.8. The Morgan fingerprint density at radius 1 is 1.03 bits per heavy atom. The van der Waals surface area contributed by atoms with Gasteiger partial charge in [-0.3, -0.25) is 9.10 Å². The van der Waals surface area contributed by atoms with E-state index in [0.717, 1.165) is 21.0 Å². The number of ether oxygens (including phenoxy) is 1. The summed E-state index contributed by atoms with van der Waals surface area (Å²) in [5, 5.41) is 12.5. The number of amides is 1. The zero-order valence-corrected chi connectivity index (χ0v) is 20.5. The molecule has 1 amide bonds. The SMILES string of the molecule is Cc1ccc(S(=O)(=O)N(CC(=O)N/N=C\c2ccc(OCC#N)cc2)c2ccc(C)cc2C)cc1. The zero-order valence-electron chi connectivity index (χ0n) is 19.7. The molecule has 0 saturated heterocycles. The molecule has 1 N–H and O–H groups in total. The Balaban J connectivity index is 1.79. The lowest BCUT2D eigenvalue weighted by Gasteiger charge is -2.25. The van der Waals surface area contributed by atoms with E-state index in [1.807, 2.05) is 26.0 Å². The van der Waals surface area contributed by atoms with Gasteiger partial charge in [0.2, 0.25) is 0 Å². The predicted octanol–water partition coefficient (Wildman–Crippen LogP) is 3.86. The molecule has 0 aromatic heterocycles. The van der Waals surface area contributed by atoms with Gasteiger partial charge >= 0.3 is 0 Å². The van der Waals surface area contributed by atoms with Crippen LogP contribution in [0, 0.1) is 32.1 Å². The quantitative estimate of drug-likeness (QED) is 0.362. The van der Waals surface area contributed by atoms with E-state index in [9.17, 15) is 13.2 Å². The van der Waals surface area contributed by atoms with Gasteiger partial charge in [-0.2, -0.15) is 10.4 Å². The minimum absolute atomic E-state index is 0.0497. The van der Waals surface area contributed by atoms with Crippen molar-refractivity contribution in [2.45, 2.75) is 25.7 Å². The molecule has 0 fully saturated rings. The molecule has 0 aliphatic carbocycles. The maximum atomic E-state index is 13.5. The van der Waals surface area contributed by atoms with Crippen molar-refractivity contribution in [1.29, 1.82) is 5.26 Å². The third-order valence-electron chi connectivity index (χ3n) is 5.10. The minimum Gasteiger partial charge on any atom is -0.479 e. The van der Waals surface area contributed by atoms with E-state index < -0.39 is 22.5 Å². The number of aryl methyl sites for hydroxylation is 3. The molecule has 0 radical (unpaired) electrons. The van der Waals surface area contributed by atoms with Crippen LogP contribution < -0.4 is 14.5 Å². The van der Waals surface area contributed by atoms with Crippen LogP contribution in [0.25, 0.3) is 0 Å². The predicted molar refractivity (Wildman–Crippen MR) is 135 cm³/mol. The van der Waals surface area contributed by atoms with Crippen LogP contribution >= 0.6 is 0 Å². The van der Waals surface area contributed by atoms with Gasteiger partial charge in [0.15, 0.2) is 6.61 Å². The van der Waals surface area contributed by atoms with Crippen molar-refractivity contribution in [2.24, 2.45) is 5.10 Å². The van der Waals surface area contributed by atoms with E-state index in [4.69, 9.17) is 10.00 Å². The average Bonchev–Trinajstić information content (AvgIpc) is 2.83. The van der Waals surface area contributed by atoms with Gasteiger partial charge in [-0.25, -0.2) is 13.8 Å². The first-order valence-corrected chi connectivity index (χ1v) is 12.2. The highest BCUT2D eigenvalue weighted by Crippen LogP contribution is 2.27. The molecule has 0 aliphatic heterocycles. The van der Waals surface area contributed by atoms with Crippen LogP contribution in [0.5, 0.6) is 5.75 Å². The Kier molecular flexibility index (Phi) is 8.23. The molecule has 3 rings (SSSR count). The van der Waals surface area contributed by atoms with E-state index in [-0.39, 0.29) is 11.5 Å². The number of carbonyl (C=O) groups excluding carboxylic acids is 1. The van der Waals surface area contributed by atoms with E-state index in [1.54, 1.807) is 55.5 Å². The molecule has 0 saturated carbocycles. The lowest BCUT2D eigenvalue weighted by molar-refractivity contribution is -0.119. The fraction of sp³-hybridized carbons (Fsp3) is 0.192. The standard InChI is InChI=1S/C26H26N4O4S/c1-19-4-11-24(12-5-19)35(32,33)30(25-13-6-20(2)16-21(25)3)18-26(31)29-28-17-22-7-9-23(10-8-22)34-15-14-27/h4-13,16-17H,15,18H2,1-3H3,(H,29,31)/b28-17-. The number of nitriles is 1. The maximum Gasteiger partial charge on any atom is 0.264 e. The topological polar surface area (TPSA) is 112 Å². The number of benzene rings is 3. The van der Waals surface area contributed by atoms with Gasteiger partial charge in [0, 0.05) is 0 Å². The van der Waals surface area contributed by atoms with E-state index >= 15 is 0 Å². The zero-order chi connectivity index (χ0) is 25.4. The summed E-state index contributed by atoms with van der Waals surface area (Å²) < 4.78 is 33.3. The molecule has 3 aromatic carbocycles. The third-order valence-corrected chi connectivity index (χ3v) is 6.88. The lowest BCUT2D eigenvalue weighted by Crippen LogP contribution is -2.40. The van der Waals surface area contributed by atoms with Crippen LogP contribution in [-0.4, -0.2) is 33.7 Å². The average molecular weight is 491 g/mol. The van der Waals surface area contributed by atoms with E-state index in [0.29, 0.717) is 17.0 Å². The number of anilines is 1. The Morgan fingerprint density at radius 3 is 2.31 bits per heavy atom. The van der Waals surface area contributed by atoms with Crippen molar-refractivity contribution in [2.75, 3.05) is 17.5 Å². The van der Waals surface area contributed by atoms with E-state index in [2.05, 4.69) is 10.5 Å². The van der Waals surface area contributed by atoms with Crippen molar-refractivity contribution < 1.29 is 17.9 Å². The van der Waals surface area contributed by atoms with Crippen molar-refractivity contribution in [3.05, 3.63) is 89.0 Å². The van der Waals surface area contributed by atoms with Crippen molar-refractivity contribution in [3.63, 3.8) is 0 Å². The van der Waals surface area contributed by atoms with E-state index in [1.165, 1.54) is 18.3 Å². The summed E-state index contributed by atoms with van der Waals surface area (Å²) in [6.45, 7) is 5.10. The molecular formula is C26H26N4O4S. The van der Waals surface area contributed by atoms with Gasteiger partial charge in [-0.1, -0.05) is 35.4 Å². The molecule has 3 aromatic rings. The first kappa shape index (κ1) is 25.5. The summed E-state index contributed by atoms with van der Waals surface area (Å²) in [6.07, 6.45) is 1.43. The molecule has 0 heterocycles. The number of carbonyl (C=O) groups is 1. The summed E-state index contributed by atoms with van der Waals surface area (Å²) in [5.74, 6) is -0.0518. The first-order valence-electron chi connectivity index (χ1n) is 10.8. The van der Waals surface area contributed by atoms with Gasteiger partial charge in [-0.05, 0) is 74.4 Å². The Labute approximate surface area is 205 Å². The molecule has 35 heavy (non-hydrogen) atoms. The normalized spacial score (nSPS) is 11.1. The fourth-order valence-corrected chi connectivity index (χ4v) is 4.82. The second-order valence-electron chi connectivity index (χ2n) is 7.92. The maximum absolute atomic E-state index is 13.5.